The van der Waals surface area contributed by atoms with E-state index < -0.39 is 35.2 Å². The second-order valence-electron chi connectivity index (χ2n) is 6.93. The SMILES string of the molecule is COC(=O)CNC(=O)Cc1ccc(NC(=O)c2cnn(-c3ccc(OC)nn3)c2C(F)(F)F)cc1. The molecule has 3 rings (SSSR count). The van der Waals surface area contributed by atoms with Gasteiger partial charge in [0.15, 0.2) is 11.5 Å². The number of esters is 1. The van der Waals surface area contributed by atoms with Gasteiger partial charge in [-0.1, -0.05) is 12.1 Å². The molecule has 0 unspecified atom stereocenters. The van der Waals surface area contributed by atoms with E-state index in [1.807, 2.05) is 0 Å². The number of rotatable bonds is 8. The molecule has 0 saturated carbocycles. The summed E-state index contributed by atoms with van der Waals surface area (Å²) < 4.78 is 51.1. The van der Waals surface area contributed by atoms with Gasteiger partial charge in [0.05, 0.1) is 32.4 Å². The number of benzene rings is 1. The first-order chi connectivity index (χ1) is 16.6. The number of carbonyl (C=O) groups excluding carboxylic acids is 3. The molecule has 0 aliphatic rings. The van der Waals surface area contributed by atoms with Crippen molar-refractivity contribution in [1.82, 2.24) is 25.3 Å². The number of anilines is 1. The molecule has 0 aliphatic carbocycles. The molecule has 0 spiro atoms. The van der Waals surface area contributed by atoms with Crippen LogP contribution in [0.25, 0.3) is 5.82 Å². The zero-order valence-electron chi connectivity index (χ0n) is 18.4. The largest absolute Gasteiger partial charge is 0.480 e. The number of ether oxygens (including phenoxy) is 2. The average Bonchev–Trinajstić information content (AvgIpc) is 3.30. The fraction of sp³-hybridized carbons (Fsp3) is 0.238. The standard InChI is InChI=1S/C21H19F3N6O5/c1-34-17-8-7-15(28-29-17)30-19(21(22,23)24)14(10-26-30)20(33)27-13-5-3-12(4-6-13)9-16(31)25-11-18(32)35-2/h3-8,10H,9,11H2,1-2H3,(H,25,31)(H,27,33). The van der Waals surface area contributed by atoms with Crippen molar-refractivity contribution in [3.8, 4) is 11.7 Å². The molecule has 2 amide bonds. The van der Waals surface area contributed by atoms with Crippen LogP contribution < -0.4 is 15.4 Å². The number of hydrogen-bond donors (Lipinski definition) is 2. The third-order valence-electron chi connectivity index (χ3n) is 4.57. The molecule has 0 atom stereocenters. The zero-order valence-corrected chi connectivity index (χ0v) is 18.4. The van der Waals surface area contributed by atoms with Crippen LogP contribution in [-0.2, 0) is 26.9 Å². The fourth-order valence-electron chi connectivity index (χ4n) is 2.89. The topological polar surface area (TPSA) is 137 Å². The van der Waals surface area contributed by atoms with Crippen LogP contribution in [0.15, 0.2) is 42.6 Å². The lowest BCUT2D eigenvalue weighted by Crippen LogP contribution is -2.31. The zero-order chi connectivity index (χ0) is 25.6. The number of alkyl halides is 3. The minimum atomic E-state index is -4.92. The number of aromatic nitrogens is 4. The Kier molecular flexibility index (Phi) is 7.63. The summed E-state index contributed by atoms with van der Waals surface area (Å²) in [5.41, 5.74) is -1.30. The van der Waals surface area contributed by atoms with Crippen molar-refractivity contribution in [2.75, 3.05) is 26.1 Å². The number of methoxy groups -OCH3 is 2. The number of carbonyl (C=O) groups is 3. The summed E-state index contributed by atoms with van der Waals surface area (Å²) in [6, 6.07) is 8.39. The number of amides is 2. The van der Waals surface area contributed by atoms with Crippen molar-refractivity contribution in [3.63, 3.8) is 0 Å². The van der Waals surface area contributed by atoms with Crippen LogP contribution in [0.5, 0.6) is 5.88 Å². The molecule has 2 N–H and O–H groups in total. The molecule has 0 saturated heterocycles. The van der Waals surface area contributed by atoms with Gasteiger partial charge in [-0.05, 0) is 23.8 Å². The number of nitrogens with one attached hydrogen (secondary N) is 2. The van der Waals surface area contributed by atoms with Crippen molar-refractivity contribution < 1.29 is 37.0 Å². The van der Waals surface area contributed by atoms with E-state index in [1.165, 1.54) is 50.6 Å². The first-order valence-electron chi connectivity index (χ1n) is 9.89. The molecule has 14 heteroatoms. The molecule has 184 valence electrons. The van der Waals surface area contributed by atoms with E-state index >= 15 is 0 Å². The van der Waals surface area contributed by atoms with Crippen LogP contribution in [0.3, 0.4) is 0 Å². The summed E-state index contributed by atoms with van der Waals surface area (Å²) in [5.74, 6) is -2.24. The van der Waals surface area contributed by atoms with Gasteiger partial charge in [0.2, 0.25) is 11.8 Å². The molecule has 0 radical (unpaired) electrons. The second-order valence-corrected chi connectivity index (χ2v) is 6.93. The van der Waals surface area contributed by atoms with Crippen LogP contribution in [0.4, 0.5) is 18.9 Å². The molecular weight excluding hydrogens is 473 g/mol. The molecule has 3 aromatic rings. The molecule has 2 aromatic heterocycles. The number of halogens is 3. The lowest BCUT2D eigenvalue weighted by molar-refractivity contribution is -0.143. The highest BCUT2D eigenvalue weighted by molar-refractivity contribution is 6.05. The highest BCUT2D eigenvalue weighted by Crippen LogP contribution is 2.33. The molecular formula is C21H19F3N6O5. The maximum absolute atomic E-state index is 13.8. The second kappa shape index (κ2) is 10.6. The summed E-state index contributed by atoms with van der Waals surface area (Å²) in [6.07, 6.45) is -4.20. The van der Waals surface area contributed by atoms with Gasteiger partial charge < -0.3 is 20.1 Å². The lowest BCUT2D eigenvalue weighted by atomic mass is 10.1. The Bertz CT molecular complexity index is 1210. The van der Waals surface area contributed by atoms with Crippen molar-refractivity contribution >= 4 is 23.5 Å². The Morgan fingerprint density at radius 2 is 1.74 bits per heavy atom. The van der Waals surface area contributed by atoms with Gasteiger partial charge in [0, 0.05) is 11.8 Å². The van der Waals surface area contributed by atoms with Gasteiger partial charge in [-0.15, -0.1) is 10.2 Å². The van der Waals surface area contributed by atoms with Gasteiger partial charge in [-0.3, -0.25) is 14.4 Å². The van der Waals surface area contributed by atoms with E-state index in [1.54, 1.807) is 0 Å². The van der Waals surface area contributed by atoms with Gasteiger partial charge >= 0.3 is 12.1 Å². The molecule has 2 heterocycles. The monoisotopic (exact) mass is 492 g/mol. The average molecular weight is 492 g/mol. The van der Waals surface area contributed by atoms with Crippen molar-refractivity contribution in [2.24, 2.45) is 0 Å². The van der Waals surface area contributed by atoms with Crippen molar-refractivity contribution in [1.29, 1.82) is 0 Å². The number of hydrogen-bond acceptors (Lipinski definition) is 8. The summed E-state index contributed by atoms with van der Waals surface area (Å²) in [6.45, 7) is -0.277. The normalized spacial score (nSPS) is 11.0. The lowest BCUT2D eigenvalue weighted by Gasteiger charge is -2.12. The molecule has 0 aliphatic heterocycles. The van der Waals surface area contributed by atoms with Crippen LogP contribution in [0.1, 0.15) is 21.6 Å². The highest BCUT2D eigenvalue weighted by Gasteiger charge is 2.41. The van der Waals surface area contributed by atoms with E-state index in [-0.39, 0.29) is 30.4 Å². The molecule has 11 nitrogen and oxygen atoms in total. The van der Waals surface area contributed by atoms with E-state index in [0.717, 1.165) is 6.20 Å². The van der Waals surface area contributed by atoms with Gasteiger partial charge in [-0.25, -0.2) is 4.68 Å². The van der Waals surface area contributed by atoms with Gasteiger partial charge in [-0.2, -0.15) is 18.3 Å². The van der Waals surface area contributed by atoms with E-state index in [0.29, 0.717) is 10.2 Å². The smallest absolute Gasteiger partial charge is 0.434 e. The fourth-order valence-corrected chi connectivity index (χ4v) is 2.89. The first kappa shape index (κ1) is 25.1. The minimum absolute atomic E-state index is 0.0564. The van der Waals surface area contributed by atoms with E-state index in [9.17, 15) is 27.6 Å². The number of nitrogens with zero attached hydrogens (tertiary/aromatic N) is 4. The van der Waals surface area contributed by atoms with Crippen LogP contribution in [0.2, 0.25) is 0 Å². The maximum Gasteiger partial charge on any atom is 0.434 e. The molecule has 0 bridgehead atoms. The summed E-state index contributed by atoms with van der Waals surface area (Å²) in [4.78, 5) is 35.5. The molecule has 1 aromatic carbocycles. The quantitative estimate of drug-likeness (QED) is 0.454. The third kappa shape index (κ3) is 6.31. The Hall–Kier alpha value is -4.49. The van der Waals surface area contributed by atoms with Gasteiger partial charge in [0.1, 0.15) is 6.54 Å². The van der Waals surface area contributed by atoms with Crippen molar-refractivity contribution in [2.45, 2.75) is 12.6 Å². The molecule has 35 heavy (non-hydrogen) atoms. The summed E-state index contributed by atoms with van der Waals surface area (Å²) >= 11 is 0. The van der Waals surface area contributed by atoms with Crippen LogP contribution in [0, 0.1) is 0 Å². The van der Waals surface area contributed by atoms with Crippen LogP contribution >= 0.6 is 0 Å². The Labute approximate surface area is 196 Å². The van der Waals surface area contributed by atoms with Gasteiger partial charge in [0.25, 0.3) is 5.91 Å². The maximum atomic E-state index is 13.8. The highest BCUT2D eigenvalue weighted by atomic mass is 19.4. The first-order valence-corrected chi connectivity index (χ1v) is 9.89. The predicted molar refractivity (Wildman–Crippen MR) is 114 cm³/mol. The van der Waals surface area contributed by atoms with Crippen molar-refractivity contribution in [3.05, 3.63) is 59.4 Å². The minimum Gasteiger partial charge on any atom is -0.480 e. The Balaban J connectivity index is 1.74. The summed E-state index contributed by atoms with van der Waals surface area (Å²) in [5, 5.41) is 15.7. The van der Waals surface area contributed by atoms with Crippen LogP contribution in [-0.4, -0.2) is 58.5 Å². The predicted octanol–water partition coefficient (Wildman–Crippen LogP) is 1.77. The third-order valence-corrected chi connectivity index (χ3v) is 4.57. The van der Waals surface area contributed by atoms with E-state index in [4.69, 9.17) is 4.74 Å². The summed E-state index contributed by atoms with van der Waals surface area (Å²) in [7, 11) is 2.52. The molecule has 0 fully saturated rings. The Morgan fingerprint density at radius 1 is 1.03 bits per heavy atom. The Morgan fingerprint density at radius 3 is 2.31 bits per heavy atom. The van der Waals surface area contributed by atoms with E-state index in [2.05, 4.69) is 30.7 Å².